The summed E-state index contributed by atoms with van der Waals surface area (Å²) in [7, 11) is 0. The second kappa shape index (κ2) is 8.67. The minimum Gasteiger partial charge on any atom is -0.340 e. The Morgan fingerprint density at radius 1 is 1.03 bits per heavy atom. The minimum absolute atomic E-state index is 0.135. The number of thiophene rings is 1. The van der Waals surface area contributed by atoms with E-state index in [-0.39, 0.29) is 17.9 Å². The molecular weight excluding hydrogens is 382 g/mol. The van der Waals surface area contributed by atoms with Crippen LogP contribution in [0.15, 0.2) is 35.7 Å². The van der Waals surface area contributed by atoms with Gasteiger partial charge in [-0.05, 0) is 48.4 Å². The number of aryl methyl sites for hydroxylation is 1. The summed E-state index contributed by atoms with van der Waals surface area (Å²) in [5.74, 6) is 0.389. The Balaban J connectivity index is 1.29. The summed E-state index contributed by atoms with van der Waals surface area (Å²) < 4.78 is 0. The maximum absolute atomic E-state index is 13.0. The van der Waals surface area contributed by atoms with E-state index in [9.17, 15) is 9.59 Å². The third-order valence-corrected chi connectivity index (χ3v) is 7.32. The predicted octanol–water partition coefficient (Wildman–Crippen LogP) is 2.72. The smallest absolute Gasteiger partial charge is 0.239 e. The van der Waals surface area contributed by atoms with Crippen LogP contribution in [0.2, 0.25) is 0 Å². The summed E-state index contributed by atoms with van der Waals surface area (Å²) in [5, 5.41) is 2.12. The lowest BCUT2D eigenvalue weighted by Crippen LogP contribution is -2.56. The van der Waals surface area contributed by atoms with Gasteiger partial charge in [-0.3, -0.25) is 14.5 Å². The molecule has 1 unspecified atom stereocenters. The first-order chi connectivity index (χ1) is 14.0. The van der Waals surface area contributed by atoms with E-state index in [0.29, 0.717) is 19.5 Å². The molecule has 1 aromatic carbocycles. The highest BCUT2D eigenvalue weighted by Crippen LogP contribution is 2.25. The number of hydrogen-bond acceptors (Lipinski definition) is 4. The lowest BCUT2D eigenvalue weighted by molar-refractivity contribution is -0.139. The first kappa shape index (κ1) is 20.1. The van der Waals surface area contributed by atoms with Gasteiger partial charge in [-0.1, -0.05) is 24.3 Å². The molecule has 0 spiro atoms. The molecule has 2 amide bonds. The Kier molecular flexibility index (Phi) is 6.01. The van der Waals surface area contributed by atoms with E-state index in [0.717, 1.165) is 43.7 Å². The van der Waals surface area contributed by atoms with E-state index in [1.54, 1.807) is 11.3 Å². The quantitative estimate of drug-likeness (QED) is 0.777. The second-order valence-electron chi connectivity index (χ2n) is 8.07. The Labute approximate surface area is 176 Å². The molecule has 1 saturated heterocycles. The fourth-order valence-corrected chi connectivity index (χ4v) is 5.19. The average Bonchev–Trinajstić information content (AvgIpc) is 3.22. The van der Waals surface area contributed by atoms with Crippen molar-refractivity contribution in [2.45, 2.75) is 39.3 Å². The molecule has 4 rings (SSSR count). The molecule has 2 aliphatic rings. The highest BCUT2D eigenvalue weighted by atomic mass is 32.1. The molecule has 2 aliphatic heterocycles. The van der Waals surface area contributed by atoms with Gasteiger partial charge >= 0.3 is 0 Å². The number of piperazine rings is 1. The zero-order valence-electron chi connectivity index (χ0n) is 17.3. The summed E-state index contributed by atoms with van der Waals surface area (Å²) in [6.45, 7) is 8.49. The fraction of sp³-hybridized carbons (Fsp3) is 0.478. The van der Waals surface area contributed by atoms with E-state index < -0.39 is 0 Å². The van der Waals surface area contributed by atoms with Crippen molar-refractivity contribution in [1.29, 1.82) is 0 Å². The second-order valence-corrected chi connectivity index (χ2v) is 9.08. The molecule has 6 heteroatoms. The Morgan fingerprint density at radius 3 is 2.55 bits per heavy atom. The van der Waals surface area contributed by atoms with Crippen LogP contribution >= 0.6 is 11.3 Å². The zero-order valence-corrected chi connectivity index (χ0v) is 18.1. The third-order valence-electron chi connectivity index (χ3n) is 6.29. The normalized spacial score (nSPS) is 18.4. The highest BCUT2D eigenvalue weighted by molar-refractivity contribution is 7.10. The van der Waals surface area contributed by atoms with Crippen molar-refractivity contribution in [3.8, 4) is 0 Å². The molecule has 154 valence electrons. The molecule has 0 bridgehead atoms. The number of hydrogen-bond donors (Lipinski definition) is 0. The minimum atomic E-state index is -0.135. The van der Waals surface area contributed by atoms with Gasteiger partial charge in [0.2, 0.25) is 11.8 Å². The van der Waals surface area contributed by atoms with Crippen LogP contribution in [0, 0.1) is 6.92 Å². The van der Waals surface area contributed by atoms with Gasteiger partial charge in [-0.2, -0.15) is 0 Å². The van der Waals surface area contributed by atoms with E-state index in [4.69, 9.17) is 0 Å². The summed E-state index contributed by atoms with van der Waals surface area (Å²) in [6.07, 6.45) is 1.42. The summed E-state index contributed by atoms with van der Waals surface area (Å²) in [6, 6.07) is 10.1. The van der Waals surface area contributed by atoms with E-state index in [2.05, 4.69) is 16.3 Å². The largest absolute Gasteiger partial charge is 0.340 e. The van der Waals surface area contributed by atoms with Crippen LogP contribution in [-0.2, 0) is 29.0 Å². The van der Waals surface area contributed by atoms with Crippen LogP contribution in [0.3, 0.4) is 0 Å². The van der Waals surface area contributed by atoms with Crippen LogP contribution in [0.5, 0.6) is 0 Å². The molecule has 0 radical (unpaired) electrons. The van der Waals surface area contributed by atoms with Crippen LogP contribution in [0.4, 0.5) is 0 Å². The maximum Gasteiger partial charge on any atom is 0.239 e. The first-order valence-electron chi connectivity index (χ1n) is 10.4. The van der Waals surface area contributed by atoms with Crippen molar-refractivity contribution in [3.05, 3.63) is 57.3 Å². The van der Waals surface area contributed by atoms with Crippen molar-refractivity contribution in [1.82, 2.24) is 14.7 Å². The molecular formula is C23H29N3O2S. The standard InChI is InChI=1S/C23H29N3O2S/c1-17-5-3-4-6-19(17)15-22(27)25-12-10-24(11-13-25)18(2)23(28)26-9-7-21-20(16-26)8-14-29-21/h3-6,8,14,18H,7,9-13,15-16H2,1-2H3. The molecule has 0 aliphatic carbocycles. The molecule has 0 N–H and O–H groups in total. The average molecular weight is 412 g/mol. The van der Waals surface area contributed by atoms with Crippen molar-refractivity contribution >= 4 is 23.2 Å². The molecule has 1 aromatic heterocycles. The number of fused-ring (bicyclic) bond motifs is 1. The Hall–Kier alpha value is -2.18. The van der Waals surface area contributed by atoms with E-state index in [1.165, 1.54) is 10.4 Å². The number of amides is 2. The van der Waals surface area contributed by atoms with E-state index >= 15 is 0 Å². The van der Waals surface area contributed by atoms with Gasteiger partial charge in [0.1, 0.15) is 0 Å². The van der Waals surface area contributed by atoms with Gasteiger partial charge in [-0.15, -0.1) is 11.3 Å². The van der Waals surface area contributed by atoms with Crippen LogP contribution in [0.1, 0.15) is 28.5 Å². The van der Waals surface area contributed by atoms with Crippen LogP contribution in [0.25, 0.3) is 0 Å². The topological polar surface area (TPSA) is 43.9 Å². The molecule has 3 heterocycles. The molecule has 29 heavy (non-hydrogen) atoms. The van der Waals surface area contributed by atoms with Crippen molar-refractivity contribution in [3.63, 3.8) is 0 Å². The number of rotatable bonds is 4. The molecule has 1 fully saturated rings. The fourth-order valence-electron chi connectivity index (χ4n) is 4.30. The summed E-state index contributed by atoms with van der Waals surface area (Å²) in [5.41, 5.74) is 3.56. The number of carbonyl (C=O) groups is 2. The molecule has 0 saturated carbocycles. The van der Waals surface area contributed by atoms with Gasteiger partial charge in [-0.25, -0.2) is 0 Å². The van der Waals surface area contributed by atoms with E-state index in [1.807, 2.05) is 47.9 Å². The van der Waals surface area contributed by atoms with Crippen LogP contribution < -0.4 is 0 Å². The van der Waals surface area contributed by atoms with Gasteiger partial charge < -0.3 is 9.80 Å². The van der Waals surface area contributed by atoms with Crippen molar-refractivity contribution < 1.29 is 9.59 Å². The van der Waals surface area contributed by atoms with Gasteiger partial charge in [0.25, 0.3) is 0 Å². The SMILES string of the molecule is Cc1ccccc1CC(=O)N1CCN(C(C)C(=O)N2CCc3sccc3C2)CC1. The number of carbonyl (C=O) groups excluding carboxylic acids is 2. The van der Waals surface area contributed by atoms with Gasteiger partial charge in [0.15, 0.2) is 0 Å². The first-order valence-corrected chi connectivity index (χ1v) is 11.3. The Morgan fingerprint density at radius 2 is 1.79 bits per heavy atom. The van der Waals surface area contributed by atoms with Crippen LogP contribution in [-0.4, -0.2) is 65.3 Å². The van der Waals surface area contributed by atoms with Crippen molar-refractivity contribution in [2.75, 3.05) is 32.7 Å². The summed E-state index contributed by atoms with van der Waals surface area (Å²) in [4.78, 5) is 33.3. The summed E-state index contributed by atoms with van der Waals surface area (Å²) >= 11 is 1.79. The van der Waals surface area contributed by atoms with Gasteiger partial charge in [0.05, 0.1) is 12.5 Å². The van der Waals surface area contributed by atoms with Gasteiger partial charge in [0, 0.05) is 44.1 Å². The molecule has 1 atom stereocenters. The Bertz CT molecular complexity index is 886. The lowest BCUT2D eigenvalue weighted by Gasteiger charge is -2.39. The number of benzene rings is 1. The number of nitrogens with zero attached hydrogens (tertiary/aromatic N) is 3. The monoisotopic (exact) mass is 411 g/mol. The molecule has 5 nitrogen and oxygen atoms in total. The maximum atomic E-state index is 13.0. The predicted molar refractivity (Wildman–Crippen MR) is 116 cm³/mol. The lowest BCUT2D eigenvalue weighted by atomic mass is 10.0. The highest BCUT2D eigenvalue weighted by Gasteiger charge is 2.31. The van der Waals surface area contributed by atoms with Crippen molar-refractivity contribution in [2.24, 2.45) is 0 Å². The molecule has 2 aromatic rings. The third kappa shape index (κ3) is 4.38. The zero-order chi connectivity index (χ0) is 20.4.